The van der Waals surface area contributed by atoms with Crippen molar-refractivity contribution in [2.24, 2.45) is 11.3 Å². The molecule has 1 rings (SSSR count). The van der Waals surface area contributed by atoms with Crippen LogP contribution in [0.25, 0.3) is 0 Å². The first-order chi connectivity index (χ1) is 6.97. The molecule has 1 aliphatic heterocycles. The topological polar surface area (TPSA) is 41.1 Å². The van der Waals surface area contributed by atoms with E-state index in [4.69, 9.17) is 0 Å². The van der Waals surface area contributed by atoms with E-state index in [2.05, 4.69) is 31.4 Å². The lowest BCUT2D eigenvalue weighted by molar-refractivity contribution is -0.121. The number of hydrogen-bond acceptors (Lipinski definition) is 2. The van der Waals surface area contributed by atoms with Crippen LogP contribution in [0.15, 0.2) is 0 Å². The van der Waals surface area contributed by atoms with Crippen molar-refractivity contribution in [3.63, 3.8) is 0 Å². The molecule has 2 N–H and O–H groups in total. The van der Waals surface area contributed by atoms with Gasteiger partial charge in [-0.15, -0.1) is 12.4 Å². The fraction of sp³-hybridized carbons (Fsp3) is 0.917. The van der Waals surface area contributed by atoms with Gasteiger partial charge in [-0.1, -0.05) is 20.8 Å². The smallest absolute Gasteiger partial charge is 0.220 e. The van der Waals surface area contributed by atoms with E-state index in [1.807, 2.05) is 0 Å². The molecule has 1 unspecified atom stereocenters. The summed E-state index contributed by atoms with van der Waals surface area (Å²) in [5, 5.41) is 6.31. The van der Waals surface area contributed by atoms with Crippen LogP contribution in [0.4, 0.5) is 0 Å². The van der Waals surface area contributed by atoms with Crippen LogP contribution < -0.4 is 10.6 Å². The number of hydrogen-bond donors (Lipinski definition) is 2. The van der Waals surface area contributed by atoms with Crippen molar-refractivity contribution in [3.05, 3.63) is 0 Å². The molecule has 0 radical (unpaired) electrons. The lowest BCUT2D eigenvalue weighted by Crippen LogP contribution is -2.32. The average molecular weight is 249 g/mol. The second-order valence-corrected chi connectivity index (χ2v) is 5.73. The summed E-state index contributed by atoms with van der Waals surface area (Å²) in [4.78, 5) is 11.5. The molecule has 3 nitrogen and oxygen atoms in total. The van der Waals surface area contributed by atoms with Crippen LogP contribution in [-0.2, 0) is 4.79 Å². The number of rotatable bonds is 4. The Balaban J connectivity index is 0.00000225. The molecular formula is C12H25ClN2O. The Labute approximate surface area is 105 Å². The third-order valence-corrected chi connectivity index (χ3v) is 2.76. The van der Waals surface area contributed by atoms with E-state index < -0.39 is 0 Å². The first-order valence-corrected chi connectivity index (χ1v) is 5.95. The summed E-state index contributed by atoms with van der Waals surface area (Å²) < 4.78 is 0. The minimum Gasteiger partial charge on any atom is -0.356 e. The lowest BCUT2D eigenvalue weighted by atomic mass is 9.96. The molecule has 1 aliphatic rings. The lowest BCUT2D eigenvalue weighted by Gasteiger charge is -2.19. The van der Waals surface area contributed by atoms with Crippen molar-refractivity contribution in [2.75, 3.05) is 19.6 Å². The molecule has 0 aliphatic carbocycles. The van der Waals surface area contributed by atoms with Gasteiger partial charge in [0, 0.05) is 13.0 Å². The van der Waals surface area contributed by atoms with Crippen LogP contribution in [0.3, 0.4) is 0 Å². The van der Waals surface area contributed by atoms with Gasteiger partial charge >= 0.3 is 0 Å². The zero-order chi connectivity index (χ0) is 11.3. The number of carbonyl (C=O) groups is 1. The van der Waals surface area contributed by atoms with Gasteiger partial charge in [-0.2, -0.15) is 0 Å². The third kappa shape index (κ3) is 7.07. The summed E-state index contributed by atoms with van der Waals surface area (Å²) in [5.41, 5.74) is 0.185. The van der Waals surface area contributed by atoms with Gasteiger partial charge in [0.2, 0.25) is 5.91 Å². The Morgan fingerprint density at radius 1 is 1.44 bits per heavy atom. The number of carbonyl (C=O) groups excluding carboxylic acids is 1. The third-order valence-electron chi connectivity index (χ3n) is 2.76. The molecule has 0 bridgehead atoms. The highest BCUT2D eigenvalue weighted by Crippen LogP contribution is 2.14. The Hall–Kier alpha value is -0.280. The van der Waals surface area contributed by atoms with Gasteiger partial charge < -0.3 is 10.6 Å². The van der Waals surface area contributed by atoms with Crippen molar-refractivity contribution < 1.29 is 4.79 Å². The molecule has 0 saturated carbocycles. The van der Waals surface area contributed by atoms with Crippen molar-refractivity contribution in [1.29, 1.82) is 0 Å². The molecule has 1 fully saturated rings. The van der Waals surface area contributed by atoms with E-state index in [1.165, 1.54) is 6.42 Å². The summed E-state index contributed by atoms with van der Waals surface area (Å²) in [7, 11) is 0. The van der Waals surface area contributed by atoms with Crippen LogP contribution >= 0.6 is 12.4 Å². The molecule has 4 heteroatoms. The summed E-state index contributed by atoms with van der Waals surface area (Å²) in [5.74, 6) is 0.919. The van der Waals surface area contributed by atoms with E-state index >= 15 is 0 Å². The molecule has 1 amide bonds. The quantitative estimate of drug-likeness (QED) is 0.799. The number of amides is 1. The summed E-state index contributed by atoms with van der Waals surface area (Å²) in [6.07, 6.45) is 2.94. The van der Waals surface area contributed by atoms with Gasteiger partial charge in [0.1, 0.15) is 0 Å². The summed E-state index contributed by atoms with van der Waals surface area (Å²) in [6.45, 7) is 9.38. The Bertz CT molecular complexity index is 208. The second-order valence-electron chi connectivity index (χ2n) is 5.73. The maximum atomic E-state index is 11.5. The molecule has 0 aromatic heterocycles. The molecule has 0 aromatic carbocycles. The van der Waals surface area contributed by atoms with E-state index in [1.54, 1.807) is 0 Å². The fourth-order valence-electron chi connectivity index (χ4n) is 1.75. The zero-order valence-corrected chi connectivity index (χ0v) is 11.5. The van der Waals surface area contributed by atoms with Gasteiger partial charge in [-0.25, -0.2) is 0 Å². The first-order valence-electron chi connectivity index (χ1n) is 5.95. The molecule has 96 valence electrons. The van der Waals surface area contributed by atoms with Gasteiger partial charge in [-0.05, 0) is 37.3 Å². The standard InChI is InChI=1S/C12H24N2O.ClH/c1-12(2,3)9-14-11(15)5-4-10-6-7-13-8-10;/h10,13H,4-9H2,1-3H3,(H,14,15);1H. The van der Waals surface area contributed by atoms with Crippen molar-refractivity contribution in [2.45, 2.75) is 40.0 Å². The predicted octanol–water partition coefficient (Wildman–Crippen LogP) is 1.96. The van der Waals surface area contributed by atoms with Crippen LogP contribution in [0.1, 0.15) is 40.0 Å². The monoisotopic (exact) mass is 248 g/mol. The Morgan fingerprint density at radius 2 is 2.12 bits per heavy atom. The normalized spacial score (nSPS) is 20.3. The van der Waals surface area contributed by atoms with Crippen molar-refractivity contribution >= 4 is 18.3 Å². The van der Waals surface area contributed by atoms with Gasteiger partial charge in [0.25, 0.3) is 0 Å². The van der Waals surface area contributed by atoms with Gasteiger partial charge in [0.15, 0.2) is 0 Å². The Kier molecular flexibility index (Phi) is 7.00. The van der Waals surface area contributed by atoms with Crippen molar-refractivity contribution in [1.82, 2.24) is 10.6 Å². The highest BCUT2D eigenvalue weighted by molar-refractivity contribution is 5.85. The summed E-state index contributed by atoms with van der Waals surface area (Å²) in [6, 6.07) is 0. The Morgan fingerprint density at radius 3 is 2.62 bits per heavy atom. The molecule has 1 heterocycles. The molecule has 1 saturated heterocycles. The van der Waals surface area contributed by atoms with Gasteiger partial charge in [0.05, 0.1) is 0 Å². The average Bonchev–Trinajstić information content (AvgIpc) is 2.62. The summed E-state index contributed by atoms with van der Waals surface area (Å²) >= 11 is 0. The molecule has 1 atom stereocenters. The van der Waals surface area contributed by atoms with E-state index in [0.29, 0.717) is 12.3 Å². The van der Waals surface area contributed by atoms with E-state index in [0.717, 1.165) is 26.1 Å². The van der Waals surface area contributed by atoms with Crippen LogP contribution in [0.5, 0.6) is 0 Å². The fourth-order valence-corrected chi connectivity index (χ4v) is 1.75. The molecule has 0 spiro atoms. The van der Waals surface area contributed by atoms with Crippen LogP contribution in [0, 0.1) is 11.3 Å². The minimum atomic E-state index is 0. The van der Waals surface area contributed by atoms with Crippen molar-refractivity contribution in [3.8, 4) is 0 Å². The molecular weight excluding hydrogens is 224 g/mol. The molecule has 0 aromatic rings. The zero-order valence-electron chi connectivity index (χ0n) is 10.6. The largest absolute Gasteiger partial charge is 0.356 e. The minimum absolute atomic E-state index is 0. The highest BCUT2D eigenvalue weighted by atomic mass is 35.5. The van der Waals surface area contributed by atoms with Crippen LogP contribution in [-0.4, -0.2) is 25.5 Å². The number of halogens is 1. The second kappa shape index (κ2) is 7.13. The highest BCUT2D eigenvalue weighted by Gasteiger charge is 2.16. The predicted molar refractivity (Wildman–Crippen MR) is 69.9 cm³/mol. The number of nitrogens with one attached hydrogen (secondary N) is 2. The van der Waals surface area contributed by atoms with E-state index in [9.17, 15) is 4.79 Å². The van der Waals surface area contributed by atoms with Crippen LogP contribution in [0.2, 0.25) is 0 Å². The SMILES string of the molecule is CC(C)(C)CNC(=O)CCC1CCNC1.Cl. The molecule has 16 heavy (non-hydrogen) atoms. The van der Waals surface area contributed by atoms with E-state index in [-0.39, 0.29) is 23.7 Å². The van der Waals surface area contributed by atoms with Gasteiger partial charge in [-0.3, -0.25) is 4.79 Å². The maximum absolute atomic E-state index is 11.5. The first kappa shape index (κ1) is 15.7. The maximum Gasteiger partial charge on any atom is 0.220 e.